The maximum absolute atomic E-state index is 13.2. The van der Waals surface area contributed by atoms with E-state index in [-0.39, 0.29) is 29.7 Å². The van der Waals surface area contributed by atoms with Gasteiger partial charge in [-0.1, -0.05) is 65.8 Å². The predicted octanol–water partition coefficient (Wildman–Crippen LogP) is 6.52. The molecule has 5 nitrogen and oxygen atoms in total. The summed E-state index contributed by atoms with van der Waals surface area (Å²) in [6, 6.07) is 20.3. The molecule has 10 heteroatoms. The maximum Gasteiger partial charge on any atom is 0.416 e. The van der Waals surface area contributed by atoms with Crippen molar-refractivity contribution in [1.29, 1.82) is 0 Å². The predicted molar refractivity (Wildman–Crippen MR) is 132 cm³/mol. The summed E-state index contributed by atoms with van der Waals surface area (Å²) in [5.41, 5.74) is 0.471. The summed E-state index contributed by atoms with van der Waals surface area (Å²) in [5, 5.41) is 2.50. The van der Waals surface area contributed by atoms with E-state index in [0.717, 1.165) is 29.5 Å². The molecule has 0 spiro atoms. The number of nitrogens with zero attached hydrogens (tertiary/aromatic N) is 2. The van der Waals surface area contributed by atoms with Gasteiger partial charge < -0.3 is 5.32 Å². The van der Waals surface area contributed by atoms with Crippen LogP contribution in [0.4, 0.5) is 24.5 Å². The lowest BCUT2D eigenvalue weighted by Gasteiger charge is -2.32. The average molecular weight is 518 g/mol. The van der Waals surface area contributed by atoms with Crippen LogP contribution in [0.2, 0.25) is 5.02 Å². The van der Waals surface area contributed by atoms with Gasteiger partial charge in [-0.3, -0.25) is 14.5 Å². The molecule has 35 heavy (non-hydrogen) atoms. The molecule has 4 rings (SSSR count). The van der Waals surface area contributed by atoms with Gasteiger partial charge in [0.15, 0.2) is 5.17 Å². The minimum absolute atomic E-state index is 0.0316. The lowest BCUT2D eigenvalue weighted by Crippen LogP contribution is -2.44. The third-order valence-electron chi connectivity index (χ3n) is 5.11. The monoisotopic (exact) mass is 517 g/mol. The Bertz CT molecular complexity index is 1270. The Morgan fingerprint density at radius 3 is 2.51 bits per heavy atom. The van der Waals surface area contributed by atoms with Crippen LogP contribution in [0.15, 0.2) is 83.9 Å². The van der Waals surface area contributed by atoms with E-state index >= 15 is 0 Å². The molecule has 1 saturated heterocycles. The molecule has 1 fully saturated rings. The molecule has 0 bridgehead atoms. The van der Waals surface area contributed by atoms with Crippen molar-refractivity contribution < 1.29 is 22.8 Å². The highest BCUT2D eigenvalue weighted by Crippen LogP contribution is 2.34. The molecule has 2 amide bonds. The van der Waals surface area contributed by atoms with Gasteiger partial charge in [0.25, 0.3) is 0 Å². The standard InChI is InChI=1S/C25H19ClF3N3O2S/c26-18-9-5-11-20(13-18)30-23(34)21-14-22(33)32(15-16-6-2-1-3-7-16)24(35-21)31-19-10-4-8-17(12-19)25(27,28)29/h1-13,21H,14-15H2,(H,30,34)/t21-/m1/s1. The molecule has 0 unspecified atom stereocenters. The Morgan fingerprint density at radius 1 is 1.06 bits per heavy atom. The summed E-state index contributed by atoms with van der Waals surface area (Å²) in [4.78, 5) is 31.8. The molecule has 1 heterocycles. The van der Waals surface area contributed by atoms with Crippen LogP contribution in [0.3, 0.4) is 0 Å². The van der Waals surface area contributed by atoms with Crippen LogP contribution < -0.4 is 5.32 Å². The molecule has 0 aliphatic carbocycles. The molecular formula is C25H19ClF3N3O2S. The second-order valence-electron chi connectivity index (χ2n) is 7.72. The Morgan fingerprint density at radius 2 is 1.80 bits per heavy atom. The zero-order chi connectivity index (χ0) is 25.0. The number of hydrogen-bond donors (Lipinski definition) is 1. The molecular weight excluding hydrogens is 499 g/mol. The summed E-state index contributed by atoms with van der Waals surface area (Å²) in [7, 11) is 0. The van der Waals surface area contributed by atoms with Gasteiger partial charge in [-0.15, -0.1) is 0 Å². The van der Waals surface area contributed by atoms with Gasteiger partial charge in [0.05, 0.1) is 17.8 Å². The summed E-state index contributed by atoms with van der Waals surface area (Å²) in [6.45, 7) is 0.174. The molecule has 3 aromatic carbocycles. The fraction of sp³-hybridized carbons (Fsp3) is 0.160. The first-order valence-electron chi connectivity index (χ1n) is 10.5. The molecule has 1 atom stereocenters. The number of aliphatic imine (C=N–C) groups is 1. The van der Waals surface area contributed by atoms with Gasteiger partial charge >= 0.3 is 6.18 Å². The number of nitrogens with one attached hydrogen (secondary N) is 1. The van der Waals surface area contributed by atoms with Crippen molar-refractivity contribution >= 4 is 51.7 Å². The third-order valence-corrected chi connectivity index (χ3v) is 6.53. The van der Waals surface area contributed by atoms with E-state index in [0.29, 0.717) is 10.7 Å². The van der Waals surface area contributed by atoms with Crippen molar-refractivity contribution in [2.24, 2.45) is 4.99 Å². The molecule has 1 aliphatic heterocycles. The Kier molecular flexibility index (Phi) is 7.47. The number of amidine groups is 1. The van der Waals surface area contributed by atoms with Crippen molar-refractivity contribution in [2.45, 2.75) is 24.4 Å². The average Bonchev–Trinajstić information content (AvgIpc) is 2.81. The number of rotatable bonds is 5. The lowest BCUT2D eigenvalue weighted by molar-refractivity contribution is -0.137. The van der Waals surface area contributed by atoms with Crippen LogP contribution in [-0.4, -0.2) is 27.1 Å². The van der Waals surface area contributed by atoms with Crippen molar-refractivity contribution in [3.8, 4) is 0 Å². The molecule has 180 valence electrons. The van der Waals surface area contributed by atoms with E-state index in [2.05, 4.69) is 10.3 Å². The number of hydrogen-bond acceptors (Lipinski definition) is 4. The van der Waals surface area contributed by atoms with Gasteiger partial charge in [0, 0.05) is 17.1 Å². The first-order chi connectivity index (χ1) is 16.7. The number of anilines is 1. The van der Waals surface area contributed by atoms with Crippen LogP contribution in [-0.2, 0) is 22.3 Å². The number of thioether (sulfide) groups is 1. The second kappa shape index (κ2) is 10.5. The largest absolute Gasteiger partial charge is 0.416 e. The summed E-state index contributed by atoms with van der Waals surface area (Å²) in [6.07, 6.45) is -4.62. The van der Waals surface area contributed by atoms with Crippen LogP contribution in [0, 0.1) is 0 Å². The van der Waals surface area contributed by atoms with E-state index in [1.165, 1.54) is 17.0 Å². The Hall–Kier alpha value is -3.30. The number of benzene rings is 3. The first kappa shape index (κ1) is 24.8. The Balaban J connectivity index is 1.64. The van der Waals surface area contributed by atoms with E-state index in [1.807, 2.05) is 30.3 Å². The fourth-order valence-electron chi connectivity index (χ4n) is 3.41. The number of alkyl halides is 3. The fourth-order valence-corrected chi connectivity index (χ4v) is 4.70. The van der Waals surface area contributed by atoms with Gasteiger partial charge in [-0.05, 0) is 42.0 Å². The van der Waals surface area contributed by atoms with Crippen LogP contribution in [0.5, 0.6) is 0 Å². The van der Waals surface area contributed by atoms with Gasteiger partial charge in [-0.25, -0.2) is 4.99 Å². The van der Waals surface area contributed by atoms with Crippen molar-refractivity contribution in [3.05, 3.63) is 95.0 Å². The van der Waals surface area contributed by atoms with Crippen LogP contribution in [0.25, 0.3) is 0 Å². The number of carbonyl (C=O) groups is 2. The molecule has 0 aromatic heterocycles. The normalized spacial score (nSPS) is 17.5. The van der Waals surface area contributed by atoms with E-state index in [1.54, 1.807) is 24.3 Å². The van der Waals surface area contributed by atoms with Crippen molar-refractivity contribution in [3.63, 3.8) is 0 Å². The highest BCUT2D eigenvalue weighted by molar-refractivity contribution is 8.15. The maximum atomic E-state index is 13.2. The van der Waals surface area contributed by atoms with Crippen molar-refractivity contribution in [1.82, 2.24) is 4.90 Å². The van der Waals surface area contributed by atoms with E-state index in [4.69, 9.17) is 11.6 Å². The summed E-state index contributed by atoms with van der Waals surface area (Å²) < 4.78 is 39.6. The topological polar surface area (TPSA) is 61.8 Å². The molecule has 1 aliphatic rings. The van der Waals surface area contributed by atoms with Crippen LogP contribution >= 0.6 is 23.4 Å². The number of amides is 2. The molecule has 0 saturated carbocycles. The third kappa shape index (κ3) is 6.43. The molecule has 1 N–H and O–H groups in total. The molecule has 0 radical (unpaired) electrons. The lowest BCUT2D eigenvalue weighted by atomic mass is 10.2. The van der Waals surface area contributed by atoms with Crippen LogP contribution in [0.1, 0.15) is 17.5 Å². The first-order valence-corrected chi connectivity index (χ1v) is 11.8. The minimum Gasteiger partial charge on any atom is -0.325 e. The van der Waals surface area contributed by atoms with Gasteiger partial charge in [0.1, 0.15) is 5.25 Å². The SMILES string of the molecule is O=C(Nc1cccc(Cl)c1)[C@H]1CC(=O)N(Cc2ccccc2)C(=Nc2cccc(C(F)(F)F)c2)S1. The van der Waals surface area contributed by atoms with E-state index < -0.39 is 22.9 Å². The highest BCUT2D eigenvalue weighted by Gasteiger charge is 2.36. The second-order valence-corrected chi connectivity index (χ2v) is 9.32. The van der Waals surface area contributed by atoms with E-state index in [9.17, 15) is 22.8 Å². The Labute approximate surface area is 209 Å². The van der Waals surface area contributed by atoms with Gasteiger partial charge in [0.2, 0.25) is 11.8 Å². The minimum atomic E-state index is -4.53. The number of carbonyl (C=O) groups excluding carboxylic acids is 2. The summed E-state index contributed by atoms with van der Waals surface area (Å²) in [5.74, 6) is -0.786. The van der Waals surface area contributed by atoms with Gasteiger partial charge in [-0.2, -0.15) is 13.2 Å². The zero-order valence-electron chi connectivity index (χ0n) is 18.1. The zero-order valence-corrected chi connectivity index (χ0v) is 19.7. The number of halogens is 4. The smallest absolute Gasteiger partial charge is 0.325 e. The van der Waals surface area contributed by atoms with Crippen molar-refractivity contribution in [2.75, 3.05) is 5.32 Å². The highest BCUT2D eigenvalue weighted by atomic mass is 35.5. The molecule has 3 aromatic rings. The summed E-state index contributed by atoms with van der Waals surface area (Å²) >= 11 is 7.01. The quantitative estimate of drug-likeness (QED) is 0.419.